The molecule has 0 aliphatic rings. The minimum Gasteiger partial charge on any atom is -0.462 e. The zero-order chi connectivity index (χ0) is 57.8. The van der Waals surface area contributed by atoms with Crippen LogP contribution in [0.3, 0.4) is 0 Å². The molecular weight excluding hydrogens is 1040 g/mol. The average molecular weight is 1160 g/mol. The van der Waals surface area contributed by atoms with Crippen LogP contribution in [0.4, 0.5) is 0 Å². The predicted octanol–water partition coefficient (Wildman–Crippen LogP) is 15.8. The molecule has 0 bridgehead atoms. The summed E-state index contributed by atoms with van der Waals surface area (Å²) in [6.07, 6.45) is 34.9. The number of hydrogen-bond acceptors (Lipinski definition) is 15. The van der Waals surface area contributed by atoms with E-state index in [2.05, 4.69) is 34.6 Å². The van der Waals surface area contributed by atoms with E-state index in [9.17, 15) is 43.2 Å². The van der Waals surface area contributed by atoms with E-state index in [1.54, 1.807) is 0 Å². The first-order valence-electron chi connectivity index (χ1n) is 31.1. The molecular formula is C59H114O17P2. The maximum absolute atomic E-state index is 12.9. The van der Waals surface area contributed by atoms with Crippen molar-refractivity contribution in [2.45, 2.75) is 310 Å². The number of aliphatic hydroxyl groups is 1. The second-order valence-electron chi connectivity index (χ2n) is 21.9. The van der Waals surface area contributed by atoms with Crippen LogP contribution in [0.15, 0.2) is 0 Å². The fraction of sp³-hybridized carbons (Fsp3) is 0.932. The normalized spacial score (nSPS) is 14.4. The molecule has 0 aromatic carbocycles. The Morgan fingerprint density at radius 3 is 0.872 bits per heavy atom. The Morgan fingerprint density at radius 2 is 0.590 bits per heavy atom. The Bertz CT molecular complexity index is 1530. The molecule has 0 rings (SSSR count). The van der Waals surface area contributed by atoms with Crippen LogP contribution in [0.1, 0.15) is 291 Å². The number of phosphoric ester groups is 2. The van der Waals surface area contributed by atoms with Crippen molar-refractivity contribution in [1.29, 1.82) is 0 Å². The van der Waals surface area contributed by atoms with Gasteiger partial charge in [0, 0.05) is 25.7 Å². The van der Waals surface area contributed by atoms with E-state index in [0.29, 0.717) is 31.6 Å². The van der Waals surface area contributed by atoms with E-state index in [4.69, 9.17) is 37.0 Å². The number of unbranched alkanes of at least 4 members (excludes halogenated alkanes) is 31. The SMILES string of the molecule is CCCCCCCCCCCCCC(=O)O[C@H](COC(=O)CCCCCCCCCC(C)C)COP(=O)(O)OC[C@@H](O)COP(=O)(O)OC[C@@H](COC(=O)CCCCCCCCC)OC(=O)CCCCCCCCCCCC. The molecule has 0 radical (unpaired) electrons. The first-order chi connectivity index (χ1) is 37.5. The van der Waals surface area contributed by atoms with Gasteiger partial charge < -0.3 is 33.8 Å². The standard InChI is InChI=1S/C59H114O17P2/c1-6-9-12-15-18-20-22-24-29-35-40-45-59(64)76-55(49-70-57(62)43-38-33-30-25-27-31-36-41-52(4)5)51-74-78(67,68)72-47-53(60)46-71-77(65,66)73-50-54(48-69-56(61)42-37-32-26-17-14-11-8-3)75-58(63)44-39-34-28-23-21-19-16-13-10-7-2/h52-55,60H,6-51H2,1-5H3,(H,65,66)(H,67,68)/t53-,54+,55+/m0/s1. The third-order valence-electron chi connectivity index (χ3n) is 13.5. The van der Waals surface area contributed by atoms with Gasteiger partial charge in [0.05, 0.1) is 26.4 Å². The van der Waals surface area contributed by atoms with Gasteiger partial charge in [-0.1, -0.05) is 240 Å². The lowest BCUT2D eigenvalue weighted by molar-refractivity contribution is -0.161. The van der Waals surface area contributed by atoms with Crippen LogP contribution in [-0.2, 0) is 65.4 Å². The van der Waals surface area contributed by atoms with Gasteiger partial charge in [-0.3, -0.25) is 37.3 Å². The van der Waals surface area contributed by atoms with E-state index in [0.717, 1.165) is 109 Å². The quantitative estimate of drug-likeness (QED) is 0.0222. The Morgan fingerprint density at radius 1 is 0.346 bits per heavy atom. The molecule has 0 aromatic rings. The van der Waals surface area contributed by atoms with E-state index < -0.39 is 97.5 Å². The van der Waals surface area contributed by atoms with Gasteiger partial charge in [-0.25, -0.2) is 9.13 Å². The molecule has 0 amide bonds. The number of rotatable bonds is 59. The molecule has 0 aromatic heterocycles. The van der Waals surface area contributed by atoms with Crippen molar-refractivity contribution < 1.29 is 80.2 Å². The van der Waals surface area contributed by atoms with E-state index >= 15 is 0 Å². The fourth-order valence-electron chi connectivity index (χ4n) is 8.70. The summed E-state index contributed by atoms with van der Waals surface area (Å²) in [6.45, 7) is 7.05. The first kappa shape index (κ1) is 76.1. The zero-order valence-electron chi connectivity index (χ0n) is 49.8. The minimum atomic E-state index is -4.94. The second-order valence-corrected chi connectivity index (χ2v) is 24.8. The average Bonchev–Trinajstić information content (AvgIpc) is 3.40. The lowest BCUT2D eigenvalue weighted by Gasteiger charge is -2.21. The lowest BCUT2D eigenvalue weighted by atomic mass is 10.0. The molecule has 17 nitrogen and oxygen atoms in total. The van der Waals surface area contributed by atoms with Gasteiger partial charge in [0.15, 0.2) is 12.2 Å². The lowest BCUT2D eigenvalue weighted by Crippen LogP contribution is -2.30. The summed E-state index contributed by atoms with van der Waals surface area (Å²) in [6, 6.07) is 0. The van der Waals surface area contributed by atoms with Crippen LogP contribution >= 0.6 is 15.6 Å². The fourth-order valence-corrected chi connectivity index (χ4v) is 10.3. The number of phosphoric acid groups is 2. The minimum absolute atomic E-state index is 0.106. The highest BCUT2D eigenvalue weighted by atomic mass is 31.2. The van der Waals surface area contributed by atoms with Crippen LogP contribution in [0, 0.1) is 5.92 Å². The molecule has 0 aliphatic heterocycles. The molecule has 19 heteroatoms. The van der Waals surface area contributed by atoms with Gasteiger partial charge in [-0.2, -0.15) is 0 Å². The van der Waals surface area contributed by atoms with Gasteiger partial charge >= 0.3 is 39.5 Å². The van der Waals surface area contributed by atoms with Crippen molar-refractivity contribution in [2.24, 2.45) is 5.92 Å². The smallest absolute Gasteiger partial charge is 0.462 e. The summed E-state index contributed by atoms with van der Waals surface area (Å²) in [5.74, 6) is -1.44. The second kappa shape index (κ2) is 53.1. The molecule has 0 saturated heterocycles. The van der Waals surface area contributed by atoms with E-state index in [-0.39, 0.29) is 25.7 Å². The van der Waals surface area contributed by atoms with Crippen LogP contribution in [0.25, 0.3) is 0 Å². The molecule has 78 heavy (non-hydrogen) atoms. The molecule has 2 unspecified atom stereocenters. The van der Waals surface area contributed by atoms with E-state index in [1.807, 2.05) is 0 Å². The summed E-state index contributed by atoms with van der Waals surface area (Å²) in [7, 11) is -9.87. The summed E-state index contributed by atoms with van der Waals surface area (Å²) in [4.78, 5) is 71.8. The van der Waals surface area contributed by atoms with Gasteiger partial charge in [0.25, 0.3) is 0 Å². The summed E-state index contributed by atoms with van der Waals surface area (Å²) < 4.78 is 67.7. The van der Waals surface area contributed by atoms with Crippen LogP contribution in [0.2, 0.25) is 0 Å². The number of esters is 4. The van der Waals surface area contributed by atoms with Crippen molar-refractivity contribution in [3.05, 3.63) is 0 Å². The Kier molecular flexibility index (Phi) is 51.8. The van der Waals surface area contributed by atoms with Gasteiger partial charge in [-0.05, 0) is 31.6 Å². The first-order valence-corrected chi connectivity index (χ1v) is 34.1. The zero-order valence-corrected chi connectivity index (χ0v) is 51.6. The summed E-state index contributed by atoms with van der Waals surface area (Å²) >= 11 is 0. The van der Waals surface area contributed by atoms with Crippen molar-refractivity contribution >= 4 is 39.5 Å². The highest BCUT2D eigenvalue weighted by molar-refractivity contribution is 7.47. The molecule has 0 spiro atoms. The molecule has 3 N–H and O–H groups in total. The van der Waals surface area contributed by atoms with Crippen LogP contribution in [-0.4, -0.2) is 96.7 Å². The predicted molar refractivity (Wildman–Crippen MR) is 308 cm³/mol. The molecule has 462 valence electrons. The topological polar surface area (TPSA) is 237 Å². The van der Waals surface area contributed by atoms with Crippen molar-refractivity contribution in [1.82, 2.24) is 0 Å². The Labute approximate surface area is 473 Å². The molecule has 0 aliphatic carbocycles. The van der Waals surface area contributed by atoms with E-state index in [1.165, 1.54) is 96.3 Å². The summed E-state index contributed by atoms with van der Waals surface area (Å²) in [5.41, 5.74) is 0. The maximum Gasteiger partial charge on any atom is 0.472 e. The Balaban J connectivity index is 5.21. The molecule has 0 saturated carbocycles. The third-order valence-corrected chi connectivity index (χ3v) is 15.4. The van der Waals surface area contributed by atoms with Crippen LogP contribution < -0.4 is 0 Å². The Hall–Kier alpha value is -1.94. The monoisotopic (exact) mass is 1160 g/mol. The third kappa shape index (κ3) is 53.4. The summed E-state index contributed by atoms with van der Waals surface area (Å²) in [5, 5.41) is 10.5. The molecule has 0 fully saturated rings. The van der Waals surface area contributed by atoms with Crippen LogP contribution in [0.5, 0.6) is 0 Å². The number of hydrogen-bond donors (Lipinski definition) is 3. The van der Waals surface area contributed by atoms with Crippen molar-refractivity contribution in [3.8, 4) is 0 Å². The van der Waals surface area contributed by atoms with Gasteiger partial charge in [0.2, 0.25) is 0 Å². The molecule has 0 heterocycles. The van der Waals surface area contributed by atoms with Crippen molar-refractivity contribution in [3.63, 3.8) is 0 Å². The molecule has 5 atom stereocenters. The number of ether oxygens (including phenoxy) is 4. The van der Waals surface area contributed by atoms with Gasteiger partial charge in [0.1, 0.15) is 19.3 Å². The highest BCUT2D eigenvalue weighted by Gasteiger charge is 2.30. The largest absolute Gasteiger partial charge is 0.472 e. The number of aliphatic hydroxyl groups excluding tert-OH is 1. The van der Waals surface area contributed by atoms with Gasteiger partial charge in [-0.15, -0.1) is 0 Å². The maximum atomic E-state index is 12.9. The number of carbonyl (C=O) groups excluding carboxylic acids is 4. The van der Waals surface area contributed by atoms with Crippen molar-refractivity contribution in [2.75, 3.05) is 39.6 Å². The highest BCUT2D eigenvalue weighted by Crippen LogP contribution is 2.45. The number of carbonyl (C=O) groups is 4.